The van der Waals surface area contributed by atoms with Crippen molar-refractivity contribution in [2.75, 3.05) is 6.54 Å². The van der Waals surface area contributed by atoms with Gasteiger partial charge in [0.25, 0.3) is 5.91 Å². The van der Waals surface area contributed by atoms with Gasteiger partial charge in [-0.2, -0.15) is 5.10 Å². The third kappa shape index (κ3) is 3.28. The summed E-state index contributed by atoms with van der Waals surface area (Å²) in [6, 6.07) is 3.69. The number of hydrogen-bond acceptors (Lipinski definition) is 5. The highest BCUT2D eigenvalue weighted by atomic mass is 16.4. The molecule has 1 saturated carbocycles. The number of aryl methyl sites for hydroxylation is 2. The first-order valence-corrected chi connectivity index (χ1v) is 9.69. The average molecular weight is 396 g/mol. The van der Waals surface area contributed by atoms with Crippen LogP contribution in [0.4, 0.5) is 0 Å². The second kappa shape index (κ2) is 6.72. The van der Waals surface area contributed by atoms with E-state index >= 15 is 0 Å². The van der Waals surface area contributed by atoms with Crippen LogP contribution in [0.2, 0.25) is 0 Å². The van der Waals surface area contributed by atoms with Crippen molar-refractivity contribution < 1.29 is 19.1 Å². The minimum absolute atomic E-state index is 0.0695. The van der Waals surface area contributed by atoms with Crippen LogP contribution in [0.3, 0.4) is 0 Å². The molecule has 1 aliphatic carbocycles. The molecule has 0 atom stereocenters. The highest BCUT2D eigenvalue weighted by Crippen LogP contribution is 2.45. The van der Waals surface area contributed by atoms with E-state index < -0.39 is 11.4 Å². The van der Waals surface area contributed by atoms with Gasteiger partial charge in [-0.1, -0.05) is 0 Å². The summed E-state index contributed by atoms with van der Waals surface area (Å²) in [6.45, 7) is 7.83. The summed E-state index contributed by atoms with van der Waals surface area (Å²) < 4.78 is 7.41. The molecule has 8 nitrogen and oxygen atoms in total. The number of carbonyl (C=O) groups is 2. The van der Waals surface area contributed by atoms with E-state index in [9.17, 15) is 14.7 Å². The number of carbonyl (C=O) groups excluding carboxylic acids is 1. The largest absolute Gasteiger partial charge is 0.481 e. The van der Waals surface area contributed by atoms with Gasteiger partial charge < -0.3 is 14.8 Å². The molecule has 0 saturated heterocycles. The first-order chi connectivity index (χ1) is 13.7. The number of furan rings is 1. The molecule has 0 aliphatic heterocycles. The number of pyridine rings is 1. The molecular weight excluding hydrogens is 372 g/mol. The summed E-state index contributed by atoms with van der Waals surface area (Å²) >= 11 is 0. The maximum Gasteiger partial charge on any atom is 0.311 e. The van der Waals surface area contributed by atoms with Crippen LogP contribution < -0.4 is 5.32 Å². The third-order valence-electron chi connectivity index (χ3n) is 5.51. The van der Waals surface area contributed by atoms with E-state index in [-0.39, 0.29) is 18.5 Å². The number of nitrogens with one attached hydrogen (secondary N) is 1. The van der Waals surface area contributed by atoms with Crippen LogP contribution in [0, 0.1) is 19.3 Å². The van der Waals surface area contributed by atoms with Crippen molar-refractivity contribution in [3.05, 3.63) is 35.4 Å². The zero-order valence-corrected chi connectivity index (χ0v) is 16.9. The van der Waals surface area contributed by atoms with Gasteiger partial charge in [-0.05, 0) is 52.7 Å². The highest BCUT2D eigenvalue weighted by molar-refractivity contribution is 6.06. The van der Waals surface area contributed by atoms with Crippen molar-refractivity contribution in [3.63, 3.8) is 0 Å². The molecule has 0 unspecified atom stereocenters. The molecule has 0 spiro atoms. The summed E-state index contributed by atoms with van der Waals surface area (Å²) in [5.41, 5.74) is 1.65. The minimum atomic E-state index is -0.865. The lowest BCUT2D eigenvalue weighted by atomic mass is 10.1. The quantitative estimate of drug-likeness (QED) is 0.660. The second-order valence-electron chi connectivity index (χ2n) is 8.07. The van der Waals surface area contributed by atoms with Gasteiger partial charge in [-0.3, -0.25) is 9.59 Å². The van der Waals surface area contributed by atoms with E-state index in [0.29, 0.717) is 35.1 Å². The van der Waals surface area contributed by atoms with Crippen LogP contribution in [0.25, 0.3) is 22.3 Å². The first kappa shape index (κ1) is 19.2. The van der Waals surface area contributed by atoms with Gasteiger partial charge in [0.1, 0.15) is 11.5 Å². The molecule has 1 fully saturated rings. The van der Waals surface area contributed by atoms with Gasteiger partial charge >= 0.3 is 5.97 Å². The zero-order valence-electron chi connectivity index (χ0n) is 16.9. The summed E-state index contributed by atoms with van der Waals surface area (Å²) in [6.07, 6.45) is 2.80. The molecule has 0 bridgehead atoms. The topological polar surface area (TPSA) is 110 Å². The number of carboxylic acid groups (broad SMARTS) is 1. The fourth-order valence-corrected chi connectivity index (χ4v) is 3.57. The van der Waals surface area contributed by atoms with Gasteiger partial charge in [-0.15, -0.1) is 0 Å². The van der Waals surface area contributed by atoms with Crippen LogP contribution in [0.5, 0.6) is 0 Å². The van der Waals surface area contributed by atoms with Gasteiger partial charge in [0, 0.05) is 18.2 Å². The summed E-state index contributed by atoms with van der Waals surface area (Å²) in [5.74, 6) is 0.293. The molecule has 3 aromatic heterocycles. The molecule has 3 heterocycles. The Bertz CT molecular complexity index is 1120. The molecule has 152 valence electrons. The fourth-order valence-electron chi connectivity index (χ4n) is 3.57. The molecule has 0 radical (unpaired) electrons. The molecular formula is C21H24N4O4. The maximum atomic E-state index is 13.0. The Morgan fingerprint density at radius 2 is 2.03 bits per heavy atom. The lowest BCUT2D eigenvalue weighted by Gasteiger charge is -2.13. The standard InChI is InChI=1S/C21H24N4O4/c1-11(2)25-18-16(9-23-25)15(19(26)22-10-21(5-6-21)20(27)28)8-17(24-18)14-7-12(3)29-13(14)4/h7-9,11H,5-6,10H2,1-4H3,(H,22,26)(H,27,28). The number of fused-ring (bicyclic) bond motifs is 1. The van der Waals surface area contributed by atoms with E-state index in [1.165, 1.54) is 0 Å². The number of rotatable bonds is 6. The minimum Gasteiger partial charge on any atom is -0.481 e. The third-order valence-corrected chi connectivity index (χ3v) is 5.51. The molecule has 1 aliphatic rings. The number of nitrogens with zero attached hydrogens (tertiary/aromatic N) is 3. The van der Waals surface area contributed by atoms with Crippen molar-refractivity contribution in [1.82, 2.24) is 20.1 Å². The van der Waals surface area contributed by atoms with Crippen LogP contribution in [0.1, 0.15) is 54.6 Å². The lowest BCUT2D eigenvalue weighted by molar-refractivity contribution is -0.143. The van der Waals surface area contributed by atoms with Crippen LogP contribution in [-0.4, -0.2) is 38.3 Å². The second-order valence-corrected chi connectivity index (χ2v) is 8.07. The summed E-state index contributed by atoms with van der Waals surface area (Å²) in [5, 5.41) is 17.2. The molecule has 29 heavy (non-hydrogen) atoms. The Morgan fingerprint density at radius 3 is 2.59 bits per heavy atom. The Labute approximate surface area is 167 Å². The fraction of sp³-hybridized carbons (Fsp3) is 0.429. The number of aromatic nitrogens is 3. The Hall–Kier alpha value is -3.16. The van der Waals surface area contributed by atoms with E-state index in [1.807, 2.05) is 33.8 Å². The zero-order chi connectivity index (χ0) is 20.9. The van der Waals surface area contributed by atoms with E-state index in [4.69, 9.17) is 9.40 Å². The number of amides is 1. The molecule has 8 heteroatoms. The predicted molar refractivity (Wildman–Crippen MR) is 107 cm³/mol. The number of hydrogen-bond donors (Lipinski definition) is 2. The van der Waals surface area contributed by atoms with Crippen molar-refractivity contribution in [2.24, 2.45) is 5.41 Å². The molecule has 1 amide bonds. The van der Waals surface area contributed by atoms with Gasteiger partial charge in [0.15, 0.2) is 5.65 Å². The van der Waals surface area contributed by atoms with Crippen molar-refractivity contribution >= 4 is 22.9 Å². The Balaban J connectivity index is 1.78. The van der Waals surface area contributed by atoms with Crippen LogP contribution >= 0.6 is 0 Å². The molecule has 2 N–H and O–H groups in total. The molecule has 4 rings (SSSR count). The van der Waals surface area contributed by atoms with Crippen molar-refractivity contribution in [2.45, 2.75) is 46.6 Å². The molecule has 3 aromatic rings. The van der Waals surface area contributed by atoms with Crippen molar-refractivity contribution in [1.29, 1.82) is 0 Å². The predicted octanol–water partition coefficient (Wildman–Crippen LogP) is 3.48. The maximum absolute atomic E-state index is 13.0. The summed E-state index contributed by atoms with van der Waals surface area (Å²) in [4.78, 5) is 29.2. The van der Waals surface area contributed by atoms with E-state index in [2.05, 4.69) is 10.4 Å². The molecule has 0 aromatic carbocycles. The van der Waals surface area contributed by atoms with E-state index in [1.54, 1.807) is 16.9 Å². The average Bonchev–Trinajstić information content (AvgIpc) is 3.22. The van der Waals surface area contributed by atoms with E-state index in [0.717, 1.165) is 17.1 Å². The highest BCUT2D eigenvalue weighted by Gasteiger charge is 2.50. The Morgan fingerprint density at radius 1 is 1.31 bits per heavy atom. The van der Waals surface area contributed by atoms with Gasteiger partial charge in [-0.25, -0.2) is 9.67 Å². The lowest BCUT2D eigenvalue weighted by Crippen LogP contribution is -2.34. The number of aliphatic carboxylic acids is 1. The smallest absolute Gasteiger partial charge is 0.311 e. The van der Waals surface area contributed by atoms with Gasteiger partial charge in [0.05, 0.1) is 28.3 Å². The van der Waals surface area contributed by atoms with Crippen LogP contribution in [0.15, 0.2) is 22.7 Å². The summed E-state index contributed by atoms with van der Waals surface area (Å²) in [7, 11) is 0. The van der Waals surface area contributed by atoms with Gasteiger partial charge in [0.2, 0.25) is 0 Å². The first-order valence-electron chi connectivity index (χ1n) is 9.69. The van der Waals surface area contributed by atoms with Crippen LogP contribution in [-0.2, 0) is 4.79 Å². The SMILES string of the molecule is Cc1cc(-c2cc(C(=O)NCC3(C(=O)O)CC3)c3cnn(C(C)C)c3n2)c(C)o1. The monoisotopic (exact) mass is 396 g/mol. The Kier molecular flexibility index (Phi) is 4.44. The normalized spacial score (nSPS) is 15.1. The number of carboxylic acids is 1. The van der Waals surface area contributed by atoms with Crippen molar-refractivity contribution in [3.8, 4) is 11.3 Å².